The van der Waals surface area contributed by atoms with Gasteiger partial charge in [0.05, 0.1) is 12.3 Å². The lowest BCUT2D eigenvalue weighted by molar-refractivity contribution is 0.422. The fraction of sp³-hybridized carbons (Fsp3) is 0.300. The molecule has 0 unspecified atom stereocenters. The van der Waals surface area contributed by atoms with Gasteiger partial charge in [0.25, 0.3) is 0 Å². The van der Waals surface area contributed by atoms with Crippen molar-refractivity contribution >= 4 is 27.0 Å². The molecule has 0 bridgehead atoms. The summed E-state index contributed by atoms with van der Waals surface area (Å²) in [6.07, 6.45) is 3.50. The first-order chi connectivity index (χ1) is 7.03. The fourth-order valence-electron chi connectivity index (χ4n) is 1.22. The van der Waals surface area contributed by atoms with Gasteiger partial charge in [0, 0.05) is 10.7 Å². The summed E-state index contributed by atoms with van der Waals surface area (Å²) in [7, 11) is 0. The van der Waals surface area contributed by atoms with Gasteiger partial charge in [-0.1, -0.05) is 0 Å². The topological polar surface area (TPSA) is 54.5 Å². The molecule has 0 spiro atoms. The van der Waals surface area contributed by atoms with Crippen molar-refractivity contribution in [1.82, 2.24) is 14.8 Å². The number of nitriles is 1. The Bertz CT molecular complexity index is 550. The Kier molecular flexibility index (Phi) is 2.24. The van der Waals surface area contributed by atoms with Crippen molar-refractivity contribution in [3.8, 4) is 6.07 Å². The third-order valence-corrected chi connectivity index (χ3v) is 2.60. The number of nitrogens with zero attached hydrogens (tertiary/aromatic N) is 4. The van der Waals surface area contributed by atoms with Crippen molar-refractivity contribution in [2.45, 2.75) is 19.4 Å². The Labute approximate surface area is 95.7 Å². The molecule has 15 heavy (non-hydrogen) atoms. The summed E-state index contributed by atoms with van der Waals surface area (Å²) in [4.78, 5) is 4.21. The highest BCUT2D eigenvalue weighted by atomic mass is 79.9. The number of halogens is 1. The second kappa shape index (κ2) is 3.31. The van der Waals surface area contributed by atoms with Crippen LogP contribution >= 0.6 is 15.9 Å². The quantitative estimate of drug-likeness (QED) is 0.795. The summed E-state index contributed by atoms with van der Waals surface area (Å²) in [6.45, 7) is 3.63. The van der Waals surface area contributed by atoms with Gasteiger partial charge in [-0.2, -0.15) is 10.4 Å². The van der Waals surface area contributed by atoms with E-state index in [1.807, 2.05) is 19.9 Å². The summed E-state index contributed by atoms with van der Waals surface area (Å²) in [5, 5.41) is 13.3. The Hall–Kier alpha value is -1.41. The van der Waals surface area contributed by atoms with Crippen LogP contribution in [0, 0.1) is 11.3 Å². The van der Waals surface area contributed by atoms with Gasteiger partial charge in [0.2, 0.25) is 0 Å². The highest BCUT2D eigenvalue weighted by molar-refractivity contribution is 9.10. The molecule has 0 aliphatic rings. The number of fused-ring (bicyclic) bond motifs is 1. The predicted octanol–water partition coefficient (Wildman–Crippen LogP) is 2.45. The lowest BCUT2D eigenvalue weighted by Crippen LogP contribution is -2.24. The van der Waals surface area contributed by atoms with Gasteiger partial charge < -0.3 is 0 Å². The van der Waals surface area contributed by atoms with E-state index in [9.17, 15) is 0 Å². The van der Waals surface area contributed by atoms with Gasteiger partial charge in [-0.25, -0.2) is 0 Å². The molecule has 0 aliphatic carbocycles. The van der Waals surface area contributed by atoms with Crippen LogP contribution in [0.2, 0.25) is 0 Å². The molecule has 2 rings (SSSR count). The Morgan fingerprint density at radius 1 is 1.47 bits per heavy atom. The standard InChI is InChI=1S/C10H9BrN4/c1-10(2,6-12)15-5-9-8(14-15)3-7(11)4-13-9/h3-5H,1-2H3. The molecule has 0 atom stereocenters. The molecule has 2 heterocycles. The van der Waals surface area contributed by atoms with Gasteiger partial charge in [0.15, 0.2) is 0 Å². The van der Waals surface area contributed by atoms with Gasteiger partial charge in [0.1, 0.15) is 16.6 Å². The zero-order chi connectivity index (χ0) is 11.1. The first-order valence-corrected chi connectivity index (χ1v) is 5.25. The van der Waals surface area contributed by atoms with E-state index in [2.05, 4.69) is 32.1 Å². The maximum atomic E-state index is 8.99. The van der Waals surface area contributed by atoms with Crippen molar-refractivity contribution in [2.75, 3.05) is 0 Å². The van der Waals surface area contributed by atoms with Gasteiger partial charge in [-0.15, -0.1) is 0 Å². The van der Waals surface area contributed by atoms with E-state index < -0.39 is 5.54 Å². The zero-order valence-electron chi connectivity index (χ0n) is 8.40. The molecule has 76 valence electrons. The lowest BCUT2D eigenvalue weighted by atomic mass is 10.1. The summed E-state index contributed by atoms with van der Waals surface area (Å²) >= 11 is 3.33. The summed E-state index contributed by atoms with van der Waals surface area (Å²) in [5.41, 5.74) is 0.932. The van der Waals surface area contributed by atoms with E-state index in [0.717, 1.165) is 15.5 Å². The smallest absolute Gasteiger partial charge is 0.143 e. The van der Waals surface area contributed by atoms with E-state index in [4.69, 9.17) is 5.26 Å². The van der Waals surface area contributed by atoms with E-state index in [1.54, 1.807) is 17.1 Å². The highest BCUT2D eigenvalue weighted by Crippen LogP contribution is 2.19. The SMILES string of the molecule is CC(C)(C#N)n1cc2ncc(Br)cc2n1. The molecular weight excluding hydrogens is 256 g/mol. The van der Waals surface area contributed by atoms with Crippen molar-refractivity contribution < 1.29 is 0 Å². The summed E-state index contributed by atoms with van der Waals surface area (Å²) in [6, 6.07) is 4.08. The largest absolute Gasteiger partial charge is 0.252 e. The van der Waals surface area contributed by atoms with Crippen molar-refractivity contribution in [1.29, 1.82) is 5.26 Å². The fourth-order valence-corrected chi connectivity index (χ4v) is 1.54. The third-order valence-electron chi connectivity index (χ3n) is 2.17. The minimum atomic E-state index is -0.646. The second-order valence-electron chi connectivity index (χ2n) is 3.80. The number of pyridine rings is 1. The summed E-state index contributed by atoms with van der Waals surface area (Å²) in [5.74, 6) is 0. The third kappa shape index (κ3) is 1.73. The predicted molar refractivity (Wildman–Crippen MR) is 60.2 cm³/mol. The van der Waals surface area contributed by atoms with Crippen LogP contribution in [0.15, 0.2) is 22.9 Å². The molecule has 0 radical (unpaired) electrons. The van der Waals surface area contributed by atoms with E-state index in [1.165, 1.54) is 0 Å². The normalized spacial score (nSPS) is 11.6. The van der Waals surface area contributed by atoms with Crippen LogP contribution in [0.3, 0.4) is 0 Å². The number of hydrogen-bond acceptors (Lipinski definition) is 3. The molecule has 5 heteroatoms. The van der Waals surface area contributed by atoms with Crippen molar-refractivity contribution in [3.63, 3.8) is 0 Å². The molecule has 0 fully saturated rings. The molecule has 0 N–H and O–H groups in total. The van der Waals surface area contributed by atoms with E-state index >= 15 is 0 Å². The molecular formula is C10H9BrN4. The molecule has 0 saturated carbocycles. The van der Waals surface area contributed by atoms with E-state index in [0.29, 0.717) is 0 Å². The van der Waals surface area contributed by atoms with Crippen LogP contribution < -0.4 is 0 Å². The first-order valence-electron chi connectivity index (χ1n) is 4.45. The molecule has 2 aromatic heterocycles. The molecule has 4 nitrogen and oxygen atoms in total. The first kappa shape index (κ1) is 10.1. The maximum Gasteiger partial charge on any atom is 0.143 e. The van der Waals surface area contributed by atoms with E-state index in [-0.39, 0.29) is 0 Å². The van der Waals surface area contributed by atoms with Crippen LogP contribution in [0.1, 0.15) is 13.8 Å². The Morgan fingerprint density at radius 3 is 2.87 bits per heavy atom. The summed E-state index contributed by atoms with van der Waals surface area (Å²) < 4.78 is 2.52. The molecule has 0 aliphatic heterocycles. The molecule has 2 aromatic rings. The van der Waals surface area contributed by atoms with Crippen LogP contribution in [0.4, 0.5) is 0 Å². The van der Waals surface area contributed by atoms with Crippen LogP contribution in [0.5, 0.6) is 0 Å². The van der Waals surface area contributed by atoms with Crippen molar-refractivity contribution in [3.05, 3.63) is 22.9 Å². The van der Waals surface area contributed by atoms with Crippen LogP contribution in [-0.2, 0) is 5.54 Å². The highest BCUT2D eigenvalue weighted by Gasteiger charge is 2.20. The van der Waals surface area contributed by atoms with Crippen LogP contribution in [-0.4, -0.2) is 14.8 Å². The van der Waals surface area contributed by atoms with Crippen LogP contribution in [0.25, 0.3) is 11.0 Å². The number of aromatic nitrogens is 3. The number of rotatable bonds is 1. The Morgan fingerprint density at radius 2 is 2.20 bits per heavy atom. The molecule has 0 aromatic carbocycles. The molecule has 0 saturated heterocycles. The minimum Gasteiger partial charge on any atom is -0.252 e. The molecule has 0 amide bonds. The monoisotopic (exact) mass is 264 g/mol. The Balaban J connectivity index is 2.63. The van der Waals surface area contributed by atoms with Gasteiger partial charge in [-0.3, -0.25) is 9.67 Å². The zero-order valence-corrected chi connectivity index (χ0v) is 9.98. The van der Waals surface area contributed by atoms with Crippen molar-refractivity contribution in [2.24, 2.45) is 0 Å². The number of hydrogen-bond donors (Lipinski definition) is 0. The van der Waals surface area contributed by atoms with Gasteiger partial charge >= 0.3 is 0 Å². The lowest BCUT2D eigenvalue weighted by Gasteiger charge is -2.14. The average Bonchev–Trinajstić information content (AvgIpc) is 2.61. The maximum absolute atomic E-state index is 8.99. The van der Waals surface area contributed by atoms with Gasteiger partial charge in [-0.05, 0) is 35.8 Å². The minimum absolute atomic E-state index is 0.646. The second-order valence-corrected chi connectivity index (χ2v) is 4.72. The average molecular weight is 265 g/mol.